The summed E-state index contributed by atoms with van der Waals surface area (Å²) in [6.45, 7) is 7.26. The van der Waals surface area contributed by atoms with Crippen LogP contribution in [-0.4, -0.2) is 70.4 Å². The zero-order valence-electron chi connectivity index (χ0n) is 21.2. The molecular weight excluding hydrogens is 466 g/mol. The minimum atomic E-state index is -0.163. The lowest BCUT2D eigenvalue weighted by atomic mass is 10.2. The van der Waals surface area contributed by atoms with Crippen LogP contribution in [0.3, 0.4) is 0 Å². The van der Waals surface area contributed by atoms with Crippen molar-refractivity contribution in [3.05, 3.63) is 42.0 Å². The van der Waals surface area contributed by atoms with Crippen molar-refractivity contribution < 1.29 is 23.7 Å². The van der Waals surface area contributed by atoms with E-state index in [0.29, 0.717) is 40.2 Å². The second-order valence-electron chi connectivity index (χ2n) is 7.61. The van der Waals surface area contributed by atoms with Gasteiger partial charge in [-0.15, -0.1) is 0 Å². The number of methoxy groups -OCH3 is 4. The lowest BCUT2D eigenvalue weighted by Crippen LogP contribution is -2.38. The van der Waals surface area contributed by atoms with Crippen molar-refractivity contribution in [3.63, 3.8) is 0 Å². The minimum absolute atomic E-state index is 0.163. The molecule has 0 saturated carbocycles. The number of aromatic nitrogens is 1. The van der Waals surface area contributed by atoms with Crippen LogP contribution >= 0.6 is 11.3 Å². The highest BCUT2D eigenvalue weighted by Gasteiger charge is 2.22. The van der Waals surface area contributed by atoms with Gasteiger partial charge in [-0.05, 0) is 49.0 Å². The fraction of sp³-hybridized carbons (Fsp3) is 0.385. The van der Waals surface area contributed by atoms with Crippen LogP contribution in [0, 0.1) is 0 Å². The molecule has 2 aromatic carbocycles. The summed E-state index contributed by atoms with van der Waals surface area (Å²) in [5.41, 5.74) is 1.50. The normalized spacial score (nSPS) is 11.3. The molecule has 0 aliphatic carbocycles. The molecule has 0 bridgehead atoms. The first-order valence-corrected chi connectivity index (χ1v) is 12.3. The van der Waals surface area contributed by atoms with Crippen LogP contribution in [0.25, 0.3) is 16.3 Å². The highest BCUT2D eigenvalue weighted by molar-refractivity contribution is 7.22. The van der Waals surface area contributed by atoms with E-state index in [0.717, 1.165) is 29.9 Å². The van der Waals surface area contributed by atoms with Crippen molar-refractivity contribution >= 4 is 38.7 Å². The Labute approximate surface area is 210 Å². The Morgan fingerprint density at radius 2 is 1.51 bits per heavy atom. The van der Waals surface area contributed by atoms with E-state index in [1.165, 1.54) is 11.3 Å². The van der Waals surface area contributed by atoms with E-state index in [4.69, 9.17) is 23.9 Å². The van der Waals surface area contributed by atoms with Gasteiger partial charge in [0.15, 0.2) is 16.6 Å². The van der Waals surface area contributed by atoms with E-state index < -0.39 is 0 Å². The number of benzene rings is 2. The molecule has 0 N–H and O–H groups in total. The maximum Gasteiger partial charge on any atom is 0.252 e. The van der Waals surface area contributed by atoms with Gasteiger partial charge in [0.05, 0.1) is 28.4 Å². The average molecular weight is 500 g/mol. The molecule has 3 rings (SSSR count). The first-order valence-electron chi connectivity index (χ1n) is 11.4. The Bertz CT molecular complexity index is 1130. The van der Waals surface area contributed by atoms with Gasteiger partial charge in [-0.1, -0.05) is 31.3 Å². The third-order valence-corrected chi connectivity index (χ3v) is 6.85. The third kappa shape index (κ3) is 6.04. The molecule has 9 heteroatoms. The Balaban J connectivity index is 1.97. The third-order valence-electron chi connectivity index (χ3n) is 5.76. The van der Waals surface area contributed by atoms with Crippen molar-refractivity contribution in [3.8, 4) is 23.0 Å². The summed E-state index contributed by atoms with van der Waals surface area (Å²) in [6.07, 6.45) is 3.33. The van der Waals surface area contributed by atoms with E-state index in [2.05, 4.69) is 18.7 Å². The molecule has 35 heavy (non-hydrogen) atoms. The number of carbonyl (C=O) groups is 1. The largest absolute Gasteiger partial charge is 0.495 e. The van der Waals surface area contributed by atoms with Gasteiger partial charge in [-0.3, -0.25) is 9.69 Å². The summed E-state index contributed by atoms with van der Waals surface area (Å²) in [5, 5.41) is 0.594. The maximum absolute atomic E-state index is 13.4. The molecule has 3 aromatic rings. The molecule has 8 nitrogen and oxygen atoms in total. The molecule has 1 aromatic heterocycles. The van der Waals surface area contributed by atoms with E-state index in [9.17, 15) is 4.79 Å². The number of rotatable bonds is 12. The minimum Gasteiger partial charge on any atom is -0.495 e. The van der Waals surface area contributed by atoms with Crippen LogP contribution in [0.1, 0.15) is 19.4 Å². The number of hydrogen-bond donors (Lipinski definition) is 0. The Hall–Kier alpha value is -3.30. The number of amides is 1. The van der Waals surface area contributed by atoms with Gasteiger partial charge in [-0.25, -0.2) is 4.98 Å². The zero-order chi connectivity index (χ0) is 25.4. The second-order valence-corrected chi connectivity index (χ2v) is 8.59. The molecule has 1 heterocycles. The number of carbonyl (C=O) groups excluding carboxylic acids is 1. The van der Waals surface area contributed by atoms with E-state index in [1.54, 1.807) is 45.5 Å². The van der Waals surface area contributed by atoms with Crippen LogP contribution in [0.5, 0.6) is 23.0 Å². The van der Waals surface area contributed by atoms with Gasteiger partial charge in [0, 0.05) is 19.2 Å². The van der Waals surface area contributed by atoms with Crippen molar-refractivity contribution in [2.45, 2.75) is 13.8 Å². The lowest BCUT2D eigenvalue weighted by molar-refractivity contribution is -0.114. The fourth-order valence-corrected chi connectivity index (χ4v) is 4.79. The predicted molar refractivity (Wildman–Crippen MR) is 141 cm³/mol. The summed E-state index contributed by atoms with van der Waals surface area (Å²) in [5.74, 6) is 2.41. The molecule has 0 spiro atoms. The quantitative estimate of drug-likeness (QED) is 0.334. The molecule has 0 aliphatic heterocycles. The van der Waals surface area contributed by atoms with Crippen LogP contribution in [0.2, 0.25) is 0 Å². The summed E-state index contributed by atoms with van der Waals surface area (Å²) < 4.78 is 22.5. The van der Waals surface area contributed by atoms with Crippen LogP contribution in [0.4, 0.5) is 5.13 Å². The van der Waals surface area contributed by atoms with Gasteiger partial charge in [0.2, 0.25) is 0 Å². The van der Waals surface area contributed by atoms with Crippen molar-refractivity contribution in [2.24, 2.45) is 0 Å². The van der Waals surface area contributed by atoms with Gasteiger partial charge in [-0.2, -0.15) is 0 Å². The summed E-state index contributed by atoms with van der Waals surface area (Å²) in [6, 6.07) is 9.19. The Morgan fingerprint density at radius 3 is 2.14 bits per heavy atom. The average Bonchev–Trinajstić information content (AvgIpc) is 3.34. The predicted octanol–water partition coefficient (Wildman–Crippen LogP) is 4.72. The van der Waals surface area contributed by atoms with Crippen molar-refractivity contribution in [1.29, 1.82) is 0 Å². The highest BCUT2D eigenvalue weighted by atomic mass is 32.1. The number of nitrogens with zero attached hydrogens (tertiary/aromatic N) is 3. The first-order chi connectivity index (χ1) is 17.0. The van der Waals surface area contributed by atoms with Gasteiger partial charge in [0.25, 0.3) is 5.91 Å². The first kappa shape index (κ1) is 26.3. The molecule has 1 amide bonds. The second kappa shape index (κ2) is 12.4. The number of ether oxygens (including phenoxy) is 4. The van der Waals surface area contributed by atoms with Crippen molar-refractivity contribution in [2.75, 3.05) is 59.5 Å². The Kier molecular flexibility index (Phi) is 9.33. The number of likely N-dealkylation sites (N-methyl/N-ethyl adjacent to an activating group) is 1. The molecule has 0 atom stereocenters. The summed E-state index contributed by atoms with van der Waals surface area (Å²) >= 11 is 1.41. The smallest absolute Gasteiger partial charge is 0.252 e. The van der Waals surface area contributed by atoms with Gasteiger partial charge in [0.1, 0.15) is 21.7 Å². The van der Waals surface area contributed by atoms with Crippen LogP contribution in [0.15, 0.2) is 36.4 Å². The molecule has 0 radical (unpaired) electrons. The molecule has 0 unspecified atom stereocenters. The van der Waals surface area contributed by atoms with Crippen molar-refractivity contribution in [1.82, 2.24) is 9.88 Å². The zero-order valence-corrected chi connectivity index (χ0v) is 22.0. The molecule has 0 saturated heterocycles. The lowest BCUT2D eigenvalue weighted by Gasteiger charge is -2.23. The number of anilines is 1. The summed E-state index contributed by atoms with van der Waals surface area (Å²) in [4.78, 5) is 22.2. The number of thiazole rings is 1. The fourth-order valence-electron chi connectivity index (χ4n) is 3.69. The van der Waals surface area contributed by atoms with E-state index in [1.807, 2.05) is 30.3 Å². The summed E-state index contributed by atoms with van der Waals surface area (Å²) in [7, 11) is 6.40. The molecule has 0 aliphatic rings. The SMILES string of the molecule is CCN(CC)CCN(C(=O)C=Cc1ccc(OC)c(OC)c1)c1nc2c(OC)ccc(OC)c2s1. The van der Waals surface area contributed by atoms with Crippen LogP contribution in [-0.2, 0) is 4.79 Å². The number of hydrogen-bond acceptors (Lipinski definition) is 8. The molecule has 0 fully saturated rings. The Morgan fingerprint density at radius 1 is 0.886 bits per heavy atom. The van der Waals surface area contributed by atoms with Gasteiger partial charge >= 0.3 is 0 Å². The standard InChI is InChI=1S/C26H33N3O5S/c1-7-28(8-2)15-16-29(23(30)14-10-18-9-11-19(31-3)22(17-18)34-6)26-27-24-20(32-4)12-13-21(33-5)25(24)35-26/h9-14,17H,7-8,15-16H2,1-6H3. The monoisotopic (exact) mass is 499 g/mol. The topological polar surface area (TPSA) is 73.4 Å². The van der Waals surface area contributed by atoms with Crippen LogP contribution < -0.4 is 23.8 Å². The number of fused-ring (bicyclic) bond motifs is 1. The molecule has 188 valence electrons. The highest BCUT2D eigenvalue weighted by Crippen LogP contribution is 2.40. The maximum atomic E-state index is 13.4. The van der Waals surface area contributed by atoms with E-state index >= 15 is 0 Å². The van der Waals surface area contributed by atoms with E-state index in [-0.39, 0.29) is 5.91 Å². The molecular formula is C26H33N3O5S. The van der Waals surface area contributed by atoms with Gasteiger partial charge < -0.3 is 23.8 Å².